The summed E-state index contributed by atoms with van der Waals surface area (Å²) in [5.74, 6) is 2.47. The van der Waals surface area contributed by atoms with Crippen molar-refractivity contribution >= 4 is 11.8 Å². The van der Waals surface area contributed by atoms with Crippen LogP contribution in [0.4, 0.5) is 0 Å². The Morgan fingerprint density at radius 1 is 1.00 bits per heavy atom. The molecule has 1 fully saturated rings. The van der Waals surface area contributed by atoms with Gasteiger partial charge >= 0.3 is 0 Å². The Hall–Kier alpha value is -0.550. The standard InChI is InChI=1S/C15H31N5O3S/c16-1-5-21-7-9-23-10-8-22-6-2-20-14-15(17-18-20)13-19-3-11-24-12-4-19/h14,17-18H,1-13,16H2. The molecular formula is C15H31N5O3S. The minimum atomic E-state index is 0.551. The lowest BCUT2D eigenvalue weighted by atomic mass is 10.4. The lowest BCUT2D eigenvalue weighted by molar-refractivity contribution is 0.0119. The maximum atomic E-state index is 5.57. The summed E-state index contributed by atoms with van der Waals surface area (Å²) in [6.45, 7) is 8.27. The van der Waals surface area contributed by atoms with Crippen LogP contribution in [0.5, 0.6) is 0 Å². The first-order chi connectivity index (χ1) is 11.9. The molecule has 2 rings (SSSR count). The number of ether oxygens (including phenoxy) is 3. The maximum absolute atomic E-state index is 5.57. The zero-order chi connectivity index (χ0) is 16.9. The first-order valence-electron chi connectivity index (χ1n) is 8.61. The number of nitrogens with zero attached hydrogens (tertiary/aromatic N) is 2. The number of rotatable bonds is 13. The Morgan fingerprint density at radius 2 is 1.67 bits per heavy atom. The molecule has 1 saturated heterocycles. The van der Waals surface area contributed by atoms with E-state index in [0.717, 1.165) is 13.1 Å². The van der Waals surface area contributed by atoms with Gasteiger partial charge < -0.3 is 25.4 Å². The largest absolute Gasteiger partial charge is 0.378 e. The molecule has 0 bridgehead atoms. The van der Waals surface area contributed by atoms with Gasteiger partial charge in [0.05, 0.1) is 51.9 Å². The fourth-order valence-corrected chi connectivity index (χ4v) is 3.36. The van der Waals surface area contributed by atoms with Crippen LogP contribution in [0, 0.1) is 0 Å². The Kier molecular flexibility index (Phi) is 10.5. The summed E-state index contributed by atoms with van der Waals surface area (Å²) >= 11 is 2.03. The van der Waals surface area contributed by atoms with Gasteiger partial charge in [0, 0.05) is 43.9 Å². The predicted molar refractivity (Wildman–Crippen MR) is 96.3 cm³/mol. The fourth-order valence-electron chi connectivity index (χ4n) is 2.39. The van der Waals surface area contributed by atoms with Gasteiger partial charge in [-0.3, -0.25) is 9.91 Å². The van der Waals surface area contributed by atoms with Gasteiger partial charge in [-0.2, -0.15) is 11.8 Å². The minimum absolute atomic E-state index is 0.551. The minimum Gasteiger partial charge on any atom is -0.378 e. The van der Waals surface area contributed by atoms with E-state index in [1.165, 1.54) is 30.3 Å². The molecule has 2 aliphatic rings. The summed E-state index contributed by atoms with van der Waals surface area (Å²) < 4.78 is 16.2. The van der Waals surface area contributed by atoms with Gasteiger partial charge in [0.1, 0.15) is 0 Å². The number of nitrogens with one attached hydrogen (secondary N) is 2. The molecule has 0 unspecified atom stereocenters. The summed E-state index contributed by atoms with van der Waals surface area (Å²) in [7, 11) is 0. The fraction of sp³-hybridized carbons (Fsp3) is 0.867. The third-order valence-corrected chi connectivity index (χ3v) is 4.59. The zero-order valence-electron chi connectivity index (χ0n) is 14.4. The first kappa shape index (κ1) is 19.8. The highest BCUT2D eigenvalue weighted by atomic mass is 32.2. The summed E-state index contributed by atoms with van der Waals surface area (Å²) in [5.41, 5.74) is 12.9. The maximum Gasteiger partial charge on any atom is 0.0701 e. The summed E-state index contributed by atoms with van der Waals surface area (Å²) in [6.07, 6.45) is 2.12. The van der Waals surface area contributed by atoms with Gasteiger partial charge in [-0.1, -0.05) is 0 Å². The second kappa shape index (κ2) is 12.8. The molecule has 140 valence electrons. The van der Waals surface area contributed by atoms with Gasteiger partial charge in [-0.15, -0.1) is 5.53 Å². The highest BCUT2D eigenvalue weighted by molar-refractivity contribution is 7.99. The molecule has 0 aliphatic carbocycles. The third kappa shape index (κ3) is 8.52. The summed E-state index contributed by atoms with van der Waals surface area (Å²) in [5, 5.41) is 2.02. The average Bonchev–Trinajstić information content (AvgIpc) is 3.05. The Labute approximate surface area is 149 Å². The van der Waals surface area contributed by atoms with Gasteiger partial charge in [0.25, 0.3) is 0 Å². The molecule has 0 saturated carbocycles. The topological polar surface area (TPSA) is 84.3 Å². The van der Waals surface area contributed by atoms with Gasteiger partial charge in [-0.05, 0) is 0 Å². The van der Waals surface area contributed by atoms with E-state index in [1.807, 2.05) is 16.8 Å². The molecule has 4 N–H and O–H groups in total. The van der Waals surface area contributed by atoms with E-state index in [1.54, 1.807) is 0 Å². The highest BCUT2D eigenvalue weighted by Crippen LogP contribution is 2.11. The van der Waals surface area contributed by atoms with Crippen molar-refractivity contribution in [2.75, 3.05) is 83.9 Å². The van der Waals surface area contributed by atoms with Gasteiger partial charge in [-0.25, -0.2) is 0 Å². The van der Waals surface area contributed by atoms with E-state index in [4.69, 9.17) is 19.9 Å². The normalized spacial score (nSPS) is 18.7. The number of thioether (sulfide) groups is 1. The number of hydrazine groups is 2. The molecule has 24 heavy (non-hydrogen) atoms. The number of hydrogen-bond donors (Lipinski definition) is 3. The van der Waals surface area contributed by atoms with Crippen LogP contribution in [-0.2, 0) is 14.2 Å². The van der Waals surface area contributed by atoms with Gasteiger partial charge in [0.15, 0.2) is 0 Å². The van der Waals surface area contributed by atoms with Crippen molar-refractivity contribution in [3.05, 3.63) is 11.9 Å². The van der Waals surface area contributed by atoms with Crippen LogP contribution in [0.3, 0.4) is 0 Å². The van der Waals surface area contributed by atoms with Crippen molar-refractivity contribution in [1.82, 2.24) is 20.9 Å². The molecule has 0 aromatic carbocycles. The SMILES string of the molecule is NCCOCCOCCOCCN1C=C(CN2CCSCC2)NN1. The molecule has 0 radical (unpaired) electrons. The van der Waals surface area contributed by atoms with Crippen LogP contribution in [0.25, 0.3) is 0 Å². The number of hydrogen-bond acceptors (Lipinski definition) is 9. The molecule has 0 spiro atoms. The Balaban J connectivity index is 1.42. The van der Waals surface area contributed by atoms with E-state index in [2.05, 4.69) is 22.1 Å². The lowest BCUT2D eigenvalue weighted by Gasteiger charge is -2.26. The smallest absolute Gasteiger partial charge is 0.0701 e. The molecule has 0 aromatic rings. The third-order valence-electron chi connectivity index (χ3n) is 3.65. The van der Waals surface area contributed by atoms with E-state index in [-0.39, 0.29) is 0 Å². The molecule has 0 atom stereocenters. The van der Waals surface area contributed by atoms with Crippen LogP contribution in [0.2, 0.25) is 0 Å². The van der Waals surface area contributed by atoms with Crippen molar-refractivity contribution in [3.8, 4) is 0 Å². The molecule has 2 heterocycles. The van der Waals surface area contributed by atoms with Gasteiger partial charge in [0.2, 0.25) is 0 Å². The average molecular weight is 362 g/mol. The Morgan fingerprint density at radius 3 is 2.38 bits per heavy atom. The zero-order valence-corrected chi connectivity index (χ0v) is 15.2. The molecule has 8 nitrogen and oxygen atoms in total. The van der Waals surface area contributed by atoms with Crippen molar-refractivity contribution in [2.45, 2.75) is 0 Å². The van der Waals surface area contributed by atoms with Crippen LogP contribution in [0.15, 0.2) is 11.9 Å². The highest BCUT2D eigenvalue weighted by Gasteiger charge is 2.16. The van der Waals surface area contributed by atoms with Crippen LogP contribution in [0.1, 0.15) is 0 Å². The van der Waals surface area contributed by atoms with Crippen LogP contribution in [-0.4, -0.2) is 93.8 Å². The van der Waals surface area contributed by atoms with E-state index in [0.29, 0.717) is 46.2 Å². The van der Waals surface area contributed by atoms with E-state index >= 15 is 0 Å². The second-order valence-corrected chi connectivity index (χ2v) is 6.82. The predicted octanol–water partition coefficient (Wildman–Crippen LogP) is -0.790. The monoisotopic (exact) mass is 361 g/mol. The first-order valence-corrected chi connectivity index (χ1v) is 9.76. The lowest BCUT2D eigenvalue weighted by Crippen LogP contribution is -2.40. The van der Waals surface area contributed by atoms with Crippen LogP contribution >= 0.6 is 11.8 Å². The number of nitrogens with two attached hydrogens (primary N) is 1. The van der Waals surface area contributed by atoms with E-state index < -0.39 is 0 Å². The Bertz CT molecular complexity index is 356. The molecule has 0 aromatic heterocycles. The van der Waals surface area contributed by atoms with Crippen molar-refractivity contribution in [3.63, 3.8) is 0 Å². The molecular weight excluding hydrogens is 330 g/mol. The van der Waals surface area contributed by atoms with Crippen molar-refractivity contribution in [1.29, 1.82) is 0 Å². The molecule has 9 heteroatoms. The molecule has 2 aliphatic heterocycles. The quantitative estimate of drug-likeness (QED) is 0.366. The summed E-state index contributed by atoms with van der Waals surface area (Å²) in [4.78, 5) is 2.48. The van der Waals surface area contributed by atoms with E-state index in [9.17, 15) is 0 Å². The summed E-state index contributed by atoms with van der Waals surface area (Å²) in [6, 6.07) is 0. The second-order valence-electron chi connectivity index (χ2n) is 5.60. The van der Waals surface area contributed by atoms with Crippen LogP contribution < -0.4 is 16.7 Å². The van der Waals surface area contributed by atoms with Crippen molar-refractivity contribution in [2.24, 2.45) is 5.73 Å². The van der Waals surface area contributed by atoms with Crippen molar-refractivity contribution < 1.29 is 14.2 Å². The molecule has 0 amide bonds.